The number of rotatable bonds is 10. The third kappa shape index (κ3) is 6.39. The van der Waals surface area contributed by atoms with Crippen LogP contribution in [0, 0.1) is 0 Å². The third-order valence-corrected chi connectivity index (χ3v) is 6.99. The van der Waals surface area contributed by atoms with E-state index in [1.54, 1.807) is 0 Å². The maximum atomic E-state index is 13.3. The van der Waals surface area contributed by atoms with Gasteiger partial charge in [-0.25, -0.2) is 4.98 Å². The zero-order chi connectivity index (χ0) is 26.2. The summed E-state index contributed by atoms with van der Waals surface area (Å²) < 4.78 is 11.3. The van der Waals surface area contributed by atoms with Crippen molar-refractivity contribution in [1.82, 2.24) is 15.2 Å². The van der Waals surface area contributed by atoms with E-state index in [0.29, 0.717) is 24.9 Å². The summed E-state index contributed by atoms with van der Waals surface area (Å²) in [6.07, 6.45) is 1.84. The van der Waals surface area contributed by atoms with Crippen LogP contribution >= 0.6 is 0 Å². The van der Waals surface area contributed by atoms with E-state index in [-0.39, 0.29) is 5.91 Å². The number of hydrogen-bond donors (Lipinski definition) is 1. The average molecular weight is 510 g/mol. The molecule has 0 aliphatic carbocycles. The molecular formula is C32H35N3O3. The predicted molar refractivity (Wildman–Crippen MR) is 152 cm³/mol. The molecule has 1 atom stereocenters. The van der Waals surface area contributed by atoms with Gasteiger partial charge >= 0.3 is 0 Å². The van der Waals surface area contributed by atoms with Crippen LogP contribution < -0.4 is 10.1 Å². The van der Waals surface area contributed by atoms with Gasteiger partial charge in [0.25, 0.3) is 5.91 Å². The normalized spacial score (nSPS) is 15.9. The van der Waals surface area contributed by atoms with Crippen LogP contribution in [-0.2, 0) is 11.2 Å². The molecule has 38 heavy (non-hydrogen) atoms. The SMILES string of the molecule is CCOc1ccc(-c2cc3ccccc3c(C(=O)NCCCN3CCOCC3Cc3ccccc3)n2)cc1. The number of benzene rings is 3. The van der Waals surface area contributed by atoms with Crippen LogP contribution in [0.4, 0.5) is 0 Å². The number of morpholine rings is 1. The minimum absolute atomic E-state index is 0.142. The highest BCUT2D eigenvalue weighted by atomic mass is 16.5. The number of ether oxygens (including phenoxy) is 2. The van der Waals surface area contributed by atoms with E-state index in [0.717, 1.165) is 66.9 Å². The third-order valence-electron chi connectivity index (χ3n) is 6.99. The Kier molecular flexibility index (Phi) is 8.64. The monoisotopic (exact) mass is 509 g/mol. The van der Waals surface area contributed by atoms with Crippen molar-refractivity contribution in [2.45, 2.75) is 25.8 Å². The molecule has 2 heterocycles. The average Bonchev–Trinajstić information content (AvgIpc) is 2.96. The Hall–Kier alpha value is -3.74. The number of fused-ring (bicyclic) bond motifs is 1. The van der Waals surface area contributed by atoms with Crippen LogP contribution in [0.5, 0.6) is 5.75 Å². The van der Waals surface area contributed by atoms with Gasteiger partial charge in [0, 0.05) is 36.6 Å². The lowest BCUT2D eigenvalue weighted by Crippen LogP contribution is -2.47. The fourth-order valence-corrected chi connectivity index (χ4v) is 5.03. The van der Waals surface area contributed by atoms with E-state index in [9.17, 15) is 4.79 Å². The van der Waals surface area contributed by atoms with Gasteiger partial charge in [0.15, 0.2) is 0 Å². The fraction of sp³-hybridized carbons (Fsp3) is 0.312. The first-order valence-corrected chi connectivity index (χ1v) is 13.5. The minimum atomic E-state index is -0.142. The standard InChI is InChI=1S/C32H35N3O3/c1-2-38-28-15-13-25(14-16-28)30-22-26-11-6-7-12-29(26)31(34-30)32(36)33-17-8-18-35-19-20-37-23-27(35)21-24-9-4-3-5-10-24/h3-7,9-16,22,27H,2,8,17-21,23H2,1H3,(H,33,36). The molecule has 1 N–H and O–H groups in total. The molecular weight excluding hydrogens is 474 g/mol. The number of hydrogen-bond acceptors (Lipinski definition) is 5. The van der Waals surface area contributed by atoms with Gasteiger partial charge in [-0.2, -0.15) is 0 Å². The van der Waals surface area contributed by atoms with E-state index < -0.39 is 0 Å². The molecule has 0 bridgehead atoms. The first kappa shape index (κ1) is 25.9. The maximum Gasteiger partial charge on any atom is 0.270 e. The van der Waals surface area contributed by atoms with Crippen LogP contribution in [0.3, 0.4) is 0 Å². The maximum absolute atomic E-state index is 13.3. The summed E-state index contributed by atoms with van der Waals surface area (Å²) in [5.41, 5.74) is 3.51. The number of carbonyl (C=O) groups excluding carboxylic acids is 1. The Morgan fingerprint density at radius 2 is 1.84 bits per heavy atom. The molecule has 0 saturated carbocycles. The summed E-state index contributed by atoms with van der Waals surface area (Å²) in [5, 5.41) is 4.97. The Balaban J connectivity index is 1.24. The topological polar surface area (TPSA) is 63.7 Å². The van der Waals surface area contributed by atoms with Crippen molar-refractivity contribution in [3.8, 4) is 17.0 Å². The second-order valence-corrected chi connectivity index (χ2v) is 9.60. The Morgan fingerprint density at radius 1 is 1.05 bits per heavy atom. The van der Waals surface area contributed by atoms with Crippen molar-refractivity contribution in [2.75, 3.05) is 39.5 Å². The van der Waals surface area contributed by atoms with E-state index in [1.165, 1.54) is 5.56 Å². The zero-order valence-corrected chi connectivity index (χ0v) is 21.9. The Labute approximate surface area is 224 Å². The highest BCUT2D eigenvalue weighted by Gasteiger charge is 2.23. The van der Waals surface area contributed by atoms with Gasteiger partial charge in [-0.1, -0.05) is 54.6 Å². The summed E-state index contributed by atoms with van der Waals surface area (Å²) in [7, 11) is 0. The molecule has 1 aliphatic rings. The highest BCUT2D eigenvalue weighted by molar-refractivity contribution is 6.06. The molecule has 0 spiro atoms. The van der Waals surface area contributed by atoms with E-state index in [2.05, 4.69) is 34.5 Å². The molecule has 1 fully saturated rings. The lowest BCUT2D eigenvalue weighted by molar-refractivity contribution is -0.00737. The van der Waals surface area contributed by atoms with Gasteiger partial charge in [0.2, 0.25) is 0 Å². The van der Waals surface area contributed by atoms with Gasteiger partial charge in [-0.05, 0) is 61.0 Å². The molecule has 1 aliphatic heterocycles. The van der Waals surface area contributed by atoms with Gasteiger partial charge in [0.05, 0.1) is 25.5 Å². The van der Waals surface area contributed by atoms with Crippen LogP contribution in [0.2, 0.25) is 0 Å². The molecule has 6 nitrogen and oxygen atoms in total. The van der Waals surface area contributed by atoms with Crippen molar-refractivity contribution in [2.24, 2.45) is 0 Å². The minimum Gasteiger partial charge on any atom is -0.494 e. The molecule has 4 aromatic rings. The smallest absolute Gasteiger partial charge is 0.270 e. The van der Waals surface area contributed by atoms with Crippen molar-refractivity contribution >= 4 is 16.7 Å². The second-order valence-electron chi connectivity index (χ2n) is 9.60. The lowest BCUT2D eigenvalue weighted by atomic mass is 10.0. The summed E-state index contributed by atoms with van der Waals surface area (Å²) in [5.74, 6) is 0.679. The number of nitrogens with one attached hydrogen (secondary N) is 1. The van der Waals surface area contributed by atoms with E-state index >= 15 is 0 Å². The second kappa shape index (κ2) is 12.7. The largest absolute Gasteiger partial charge is 0.494 e. The molecule has 0 radical (unpaired) electrons. The molecule has 1 aromatic heterocycles. The molecule has 5 rings (SSSR count). The summed E-state index contributed by atoms with van der Waals surface area (Å²) in [6.45, 7) is 6.52. The molecule has 1 amide bonds. The Bertz CT molecular complexity index is 1340. The van der Waals surface area contributed by atoms with E-state index in [1.807, 2.05) is 67.6 Å². The lowest BCUT2D eigenvalue weighted by Gasteiger charge is -2.35. The van der Waals surface area contributed by atoms with Crippen molar-refractivity contribution < 1.29 is 14.3 Å². The first-order valence-electron chi connectivity index (χ1n) is 13.5. The van der Waals surface area contributed by atoms with Gasteiger partial charge in [-0.3, -0.25) is 9.69 Å². The molecule has 1 saturated heterocycles. The van der Waals surface area contributed by atoms with Gasteiger partial charge < -0.3 is 14.8 Å². The van der Waals surface area contributed by atoms with E-state index in [4.69, 9.17) is 14.5 Å². The molecule has 3 aromatic carbocycles. The number of pyridine rings is 1. The number of nitrogens with zero attached hydrogens (tertiary/aromatic N) is 2. The van der Waals surface area contributed by atoms with Crippen molar-refractivity contribution in [3.63, 3.8) is 0 Å². The quantitative estimate of drug-likeness (QED) is 0.292. The predicted octanol–water partition coefficient (Wildman–Crippen LogP) is 5.36. The molecule has 196 valence electrons. The number of carbonyl (C=O) groups is 1. The van der Waals surface area contributed by atoms with Crippen molar-refractivity contribution in [3.05, 3.63) is 96.2 Å². The molecule has 6 heteroatoms. The summed E-state index contributed by atoms with van der Waals surface area (Å²) in [6, 6.07) is 28.7. The first-order chi connectivity index (χ1) is 18.7. The van der Waals surface area contributed by atoms with Crippen LogP contribution in [0.25, 0.3) is 22.0 Å². The van der Waals surface area contributed by atoms with Gasteiger partial charge in [-0.15, -0.1) is 0 Å². The van der Waals surface area contributed by atoms with Crippen molar-refractivity contribution in [1.29, 1.82) is 0 Å². The highest BCUT2D eigenvalue weighted by Crippen LogP contribution is 2.26. The van der Waals surface area contributed by atoms with Crippen LogP contribution in [-0.4, -0.2) is 61.3 Å². The number of aromatic nitrogens is 1. The zero-order valence-electron chi connectivity index (χ0n) is 21.9. The van der Waals surface area contributed by atoms with Gasteiger partial charge in [0.1, 0.15) is 11.4 Å². The Morgan fingerprint density at radius 3 is 2.66 bits per heavy atom. The fourth-order valence-electron chi connectivity index (χ4n) is 5.03. The summed E-state index contributed by atoms with van der Waals surface area (Å²) in [4.78, 5) is 20.6. The van der Waals surface area contributed by atoms with Crippen LogP contribution in [0.1, 0.15) is 29.4 Å². The summed E-state index contributed by atoms with van der Waals surface area (Å²) >= 11 is 0. The molecule has 1 unspecified atom stereocenters. The van der Waals surface area contributed by atoms with Crippen LogP contribution in [0.15, 0.2) is 84.9 Å². The number of amides is 1.